The van der Waals surface area contributed by atoms with E-state index in [1.165, 1.54) is 11.0 Å². The van der Waals surface area contributed by atoms with Crippen molar-refractivity contribution in [2.24, 2.45) is 0 Å². The molecular formula is C17H23F2N3O2. The number of piperazine rings is 1. The number of carbonyl (C=O) groups excluding carboxylic acids is 2. The first-order chi connectivity index (χ1) is 11.4. The Morgan fingerprint density at radius 1 is 1.21 bits per heavy atom. The monoisotopic (exact) mass is 339 g/mol. The third-order valence-corrected chi connectivity index (χ3v) is 4.09. The zero-order chi connectivity index (χ0) is 17.7. The molecule has 132 valence electrons. The maximum atomic E-state index is 13.3. The van der Waals surface area contributed by atoms with Crippen LogP contribution in [0, 0.1) is 11.6 Å². The highest BCUT2D eigenvalue weighted by Crippen LogP contribution is 2.14. The molecule has 0 aromatic heterocycles. The second-order valence-electron chi connectivity index (χ2n) is 6.10. The lowest BCUT2D eigenvalue weighted by atomic mass is 10.1. The molecule has 1 aliphatic rings. The first-order valence-electron chi connectivity index (χ1n) is 8.14. The van der Waals surface area contributed by atoms with E-state index in [1.54, 1.807) is 4.90 Å². The molecule has 1 aromatic rings. The molecule has 7 heteroatoms. The highest BCUT2D eigenvalue weighted by Gasteiger charge is 2.23. The molecule has 1 aromatic carbocycles. The number of nitrogens with zero attached hydrogens (tertiary/aromatic N) is 2. The molecule has 1 fully saturated rings. The highest BCUT2D eigenvalue weighted by molar-refractivity contribution is 5.94. The molecule has 1 N–H and O–H groups in total. The van der Waals surface area contributed by atoms with Gasteiger partial charge >= 0.3 is 0 Å². The van der Waals surface area contributed by atoms with E-state index < -0.39 is 17.5 Å². The van der Waals surface area contributed by atoms with E-state index in [4.69, 9.17) is 0 Å². The lowest BCUT2D eigenvalue weighted by Crippen LogP contribution is -2.47. The van der Waals surface area contributed by atoms with Crippen molar-refractivity contribution in [3.63, 3.8) is 0 Å². The molecule has 0 atom stereocenters. The molecule has 2 amide bonds. The van der Waals surface area contributed by atoms with Gasteiger partial charge in [0.15, 0.2) is 11.6 Å². The third-order valence-electron chi connectivity index (χ3n) is 4.09. The topological polar surface area (TPSA) is 52.7 Å². The van der Waals surface area contributed by atoms with E-state index in [0.29, 0.717) is 13.1 Å². The fourth-order valence-corrected chi connectivity index (χ4v) is 2.68. The van der Waals surface area contributed by atoms with Gasteiger partial charge in [0.05, 0.1) is 0 Å². The molecule has 5 nitrogen and oxygen atoms in total. The van der Waals surface area contributed by atoms with Crippen LogP contribution in [0.3, 0.4) is 0 Å². The summed E-state index contributed by atoms with van der Waals surface area (Å²) in [6, 6.07) is 2.94. The molecule has 0 saturated carbocycles. The quantitative estimate of drug-likeness (QED) is 0.887. The molecule has 1 saturated heterocycles. The second kappa shape index (κ2) is 8.19. The van der Waals surface area contributed by atoms with Gasteiger partial charge in [-0.25, -0.2) is 8.78 Å². The lowest BCUT2D eigenvalue weighted by Gasteiger charge is -2.30. The number of rotatable bonds is 5. The fraction of sp³-hybridized carbons (Fsp3) is 0.529. The van der Waals surface area contributed by atoms with E-state index in [9.17, 15) is 18.4 Å². The minimum absolute atomic E-state index is 0.000219. The number of halogens is 2. The summed E-state index contributed by atoms with van der Waals surface area (Å²) >= 11 is 0. The zero-order valence-electron chi connectivity index (χ0n) is 14.0. The van der Waals surface area contributed by atoms with Crippen LogP contribution >= 0.6 is 0 Å². The van der Waals surface area contributed by atoms with Crippen LogP contribution in [0.2, 0.25) is 0 Å². The Bertz CT molecular complexity index is 601. The van der Waals surface area contributed by atoms with Crippen LogP contribution in [0.15, 0.2) is 18.2 Å². The zero-order valence-corrected chi connectivity index (χ0v) is 14.0. The summed E-state index contributed by atoms with van der Waals surface area (Å²) in [7, 11) is 0. The third kappa shape index (κ3) is 4.50. The highest BCUT2D eigenvalue weighted by atomic mass is 19.2. The predicted molar refractivity (Wildman–Crippen MR) is 86.6 cm³/mol. The van der Waals surface area contributed by atoms with Crippen molar-refractivity contribution in [3.8, 4) is 0 Å². The number of benzene rings is 1. The fourth-order valence-electron chi connectivity index (χ4n) is 2.68. The number of hydrogen-bond donors (Lipinski definition) is 1. The summed E-state index contributed by atoms with van der Waals surface area (Å²) in [5.41, 5.74) is 0.0808. The van der Waals surface area contributed by atoms with Crippen LogP contribution in [0.1, 0.15) is 30.6 Å². The summed E-state index contributed by atoms with van der Waals surface area (Å²) in [5.74, 6) is -2.45. The van der Waals surface area contributed by atoms with E-state index in [2.05, 4.69) is 5.32 Å². The standard InChI is InChI=1S/C17H23F2N3O2/c1-12(2)22(8-5-16(23)21-9-6-20-7-10-21)17(24)13-3-4-14(18)15(19)11-13/h3-4,11-12,20H,5-10H2,1-2H3. The molecular weight excluding hydrogens is 316 g/mol. The van der Waals surface area contributed by atoms with Crippen molar-refractivity contribution in [3.05, 3.63) is 35.4 Å². The number of hydrogen-bond acceptors (Lipinski definition) is 3. The maximum absolute atomic E-state index is 13.3. The smallest absolute Gasteiger partial charge is 0.254 e. The average molecular weight is 339 g/mol. The van der Waals surface area contributed by atoms with Crippen molar-refractivity contribution >= 4 is 11.8 Å². The molecule has 0 spiro atoms. The maximum Gasteiger partial charge on any atom is 0.254 e. The molecule has 1 aliphatic heterocycles. The minimum atomic E-state index is -1.05. The number of nitrogens with one attached hydrogen (secondary N) is 1. The van der Waals surface area contributed by atoms with Gasteiger partial charge in [-0.05, 0) is 32.0 Å². The van der Waals surface area contributed by atoms with E-state index in [-0.39, 0.29) is 30.5 Å². The molecule has 0 unspecified atom stereocenters. The van der Waals surface area contributed by atoms with E-state index >= 15 is 0 Å². The average Bonchev–Trinajstić information content (AvgIpc) is 2.57. The van der Waals surface area contributed by atoms with Crippen molar-refractivity contribution in [2.45, 2.75) is 26.3 Å². The van der Waals surface area contributed by atoms with Crippen molar-refractivity contribution < 1.29 is 18.4 Å². The van der Waals surface area contributed by atoms with E-state index in [1.807, 2.05) is 13.8 Å². The summed E-state index contributed by atoms with van der Waals surface area (Å²) in [5, 5.41) is 3.18. The minimum Gasteiger partial charge on any atom is -0.340 e. The molecule has 1 heterocycles. The first kappa shape index (κ1) is 18.3. The Kier molecular flexibility index (Phi) is 6.25. The van der Waals surface area contributed by atoms with Crippen molar-refractivity contribution in [1.82, 2.24) is 15.1 Å². The van der Waals surface area contributed by atoms with Crippen molar-refractivity contribution in [1.29, 1.82) is 0 Å². The number of carbonyl (C=O) groups is 2. The SMILES string of the molecule is CC(C)N(CCC(=O)N1CCNCC1)C(=O)c1ccc(F)c(F)c1. The Morgan fingerprint density at radius 3 is 2.46 bits per heavy atom. The largest absolute Gasteiger partial charge is 0.340 e. The van der Waals surface area contributed by atoms with Crippen molar-refractivity contribution in [2.75, 3.05) is 32.7 Å². The van der Waals surface area contributed by atoms with Gasteiger partial charge in [-0.3, -0.25) is 9.59 Å². The summed E-state index contributed by atoms with van der Waals surface area (Å²) in [6.07, 6.45) is 0.216. The van der Waals surface area contributed by atoms with Gasteiger partial charge in [0.2, 0.25) is 5.91 Å². The Labute approximate surface area is 140 Å². The van der Waals surface area contributed by atoms with Crippen LogP contribution in [0.4, 0.5) is 8.78 Å². The van der Waals surface area contributed by atoms with Gasteiger partial charge < -0.3 is 15.1 Å². The normalized spacial score (nSPS) is 14.8. The van der Waals surface area contributed by atoms with Gasteiger partial charge in [0, 0.05) is 50.7 Å². The molecule has 2 rings (SSSR count). The number of amides is 2. The Hall–Kier alpha value is -2.02. The lowest BCUT2D eigenvalue weighted by molar-refractivity contribution is -0.132. The summed E-state index contributed by atoms with van der Waals surface area (Å²) in [6.45, 7) is 6.77. The van der Waals surface area contributed by atoms with Gasteiger partial charge in [-0.1, -0.05) is 0 Å². The summed E-state index contributed by atoms with van der Waals surface area (Å²) in [4.78, 5) is 28.1. The molecule has 0 radical (unpaired) electrons. The van der Waals surface area contributed by atoms with Crippen LogP contribution in [0.5, 0.6) is 0 Å². The van der Waals surface area contributed by atoms with Gasteiger partial charge in [0.25, 0.3) is 5.91 Å². The molecule has 24 heavy (non-hydrogen) atoms. The molecule has 0 bridgehead atoms. The van der Waals surface area contributed by atoms with Crippen LogP contribution in [-0.4, -0.2) is 60.4 Å². The Balaban J connectivity index is 2.01. The van der Waals surface area contributed by atoms with Crippen LogP contribution in [0.25, 0.3) is 0 Å². The van der Waals surface area contributed by atoms with Gasteiger partial charge in [-0.15, -0.1) is 0 Å². The van der Waals surface area contributed by atoms with Crippen LogP contribution < -0.4 is 5.32 Å². The summed E-state index contributed by atoms with van der Waals surface area (Å²) < 4.78 is 26.4. The first-order valence-corrected chi connectivity index (χ1v) is 8.14. The Morgan fingerprint density at radius 2 is 1.88 bits per heavy atom. The van der Waals surface area contributed by atoms with Crippen LogP contribution in [-0.2, 0) is 4.79 Å². The van der Waals surface area contributed by atoms with Gasteiger partial charge in [0.1, 0.15) is 0 Å². The van der Waals surface area contributed by atoms with E-state index in [0.717, 1.165) is 25.2 Å². The second-order valence-corrected chi connectivity index (χ2v) is 6.10. The molecule has 0 aliphatic carbocycles. The van der Waals surface area contributed by atoms with Gasteiger partial charge in [-0.2, -0.15) is 0 Å². The predicted octanol–water partition coefficient (Wildman–Crippen LogP) is 1.64.